The number of nitrogens with zero attached hydrogens (tertiary/aromatic N) is 4. The Hall–Kier alpha value is -3.90. The van der Waals surface area contributed by atoms with Crippen molar-refractivity contribution in [1.29, 1.82) is 5.26 Å². The number of hydrogen-bond donors (Lipinski definition) is 1. The van der Waals surface area contributed by atoms with Crippen LogP contribution in [0, 0.1) is 11.3 Å². The molecule has 2 aromatic heterocycles. The largest absolute Gasteiger partial charge is 0.424 e. The molecule has 0 atom stereocenters. The van der Waals surface area contributed by atoms with Crippen LogP contribution < -0.4 is 9.46 Å². The van der Waals surface area contributed by atoms with Crippen molar-refractivity contribution in [3.05, 3.63) is 66.5 Å². The van der Waals surface area contributed by atoms with Gasteiger partial charge in [-0.15, -0.1) is 0 Å². The zero-order valence-electron chi connectivity index (χ0n) is 18.2. The second kappa shape index (κ2) is 7.85. The Bertz CT molecular complexity index is 1530. The van der Waals surface area contributed by atoms with Crippen molar-refractivity contribution < 1.29 is 13.2 Å². The summed E-state index contributed by atoms with van der Waals surface area (Å²) in [6.45, 7) is 0. The topological polar surface area (TPSA) is 110 Å². The molecule has 2 aromatic carbocycles. The second-order valence-corrected chi connectivity index (χ2v) is 10.6. The first kappa shape index (κ1) is 20.7. The third-order valence-electron chi connectivity index (χ3n) is 6.13. The highest BCUT2D eigenvalue weighted by Crippen LogP contribution is 2.45. The fraction of sp³-hybridized carbons (Fsp3) is 0.240. The molecule has 0 bridgehead atoms. The van der Waals surface area contributed by atoms with Crippen molar-refractivity contribution in [2.24, 2.45) is 0 Å². The predicted octanol–water partition coefficient (Wildman–Crippen LogP) is 5.00. The number of fused-ring (bicyclic) bond motifs is 1. The number of anilines is 1. The van der Waals surface area contributed by atoms with E-state index in [0.29, 0.717) is 35.9 Å². The molecule has 6 rings (SSSR count). The summed E-state index contributed by atoms with van der Waals surface area (Å²) >= 11 is 0. The highest BCUT2D eigenvalue weighted by molar-refractivity contribution is 7.93. The number of nitriles is 1. The van der Waals surface area contributed by atoms with E-state index in [0.717, 1.165) is 35.0 Å². The van der Waals surface area contributed by atoms with Crippen molar-refractivity contribution in [1.82, 2.24) is 14.5 Å². The molecule has 34 heavy (non-hydrogen) atoms. The van der Waals surface area contributed by atoms with Crippen LogP contribution in [0.2, 0.25) is 0 Å². The van der Waals surface area contributed by atoms with Crippen molar-refractivity contribution >= 4 is 26.6 Å². The van der Waals surface area contributed by atoms with Gasteiger partial charge in [0.15, 0.2) is 0 Å². The van der Waals surface area contributed by atoms with Crippen LogP contribution >= 0.6 is 0 Å². The number of ether oxygens (including phenoxy) is 1. The van der Waals surface area contributed by atoms with Crippen molar-refractivity contribution in [2.45, 2.75) is 37.0 Å². The lowest BCUT2D eigenvalue weighted by atomic mass is 10.1. The molecule has 2 fully saturated rings. The molecular formula is C25H21N5O3S. The summed E-state index contributed by atoms with van der Waals surface area (Å²) in [6, 6.07) is 17.6. The van der Waals surface area contributed by atoms with E-state index in [9.17, 15) is 13.7 Å². The van der Waals surface area contributed by atoms with Gasteiger partial charge < -0.3 is 9.30 Å². The normalized spacial score (nSPS) is 15.7. The van der Waals surface area contributed by atoms with Crippen LogP contribution in [0.1, 0.15) is 37.3 Å². The summed E-state index contributed by atoms with van der Waals surface area (Å²) in [6.07, 6.45) is 6.73. The Labute approximate surface area is 196 Å². The number of hydrogen-bond acceptors (Lipinski definition) is 6. The van der Waals surface area contributed by atoms with Gasteiger partial charge in [-0.25, -0.2) is 18.4 Å². The standard InChI is InChI=1S/C25H21N5O3S/c26-15-22-21-11-8-19(33-25-27-12-1-13-28-25)14-23(21)30(18-6-7-18)24(22)16-2-4-17(5-3-16)29-34(31,32)20-9-10-20/h1-5,8,11-14,18,20,29H,6-7,9-10H2. The van der Waals surface area contributed by atoms with Gasteiger partial charge in [0.05, 0.1) is 22.0 Å². The molecule has 2 saturated carbocycles. The summed E-state index contributed by atoms with van der Waals surface area (Å²) in [5.74, 6) is 0.596. The molecule has 2 aliphatic carbocycles. The van der Waals surface area contributed by atoms with E-state index in [4.69, 9.17) is 4.74 Å². The minimum absolute atomic E-state index is 0.261. The Balaban J connectivity index is 1.41. The zero-order chi connectivity index (χ0) is 23.3. The molecule has 2 heterocycles. The van der Waals surface area contributed by atoms with Gasteiger partial charge in [-0.1, -0.05) is 12.1 Å². The Kier molecular flexibility index (Phi) is 4.78. The first-order valence-electron chi connectivity index (χ1n) is 11.2. The van der Waals surface area contributed by atoms with E-state index in [2.05, 4.69) is 25.3 Å². The van der Waals surface area contributed by atoms with Crippen molar-refractivity contribution in [3.8, 4) is 29.1 Å². The number of rotatable bonds is 7. The van der Waals surface area contributed by atoms with Gasteiger partial charge in [0.25, 0.3) is 0 Å². The van der Waals surface area contributed by atoms with E-state index >= 15 is 0 Å². The number of benzene rings is 2. The summed E-state index contributed by atoms with van der Waals surface area (Å²) in [4.78, 5) is 8.23. The summed E-state index contributed by atoms with van der Waals surface area (Å²) < 4.78 is 35.2. The molecule has 0 spiro atoms. The van der Waals surface area contributed by atoms with Gasteiger partial charge >= 0.3 is 6.01 Å². The molecule has 0 radical (unpaired) electrons. The highest BCUT2D eigenvalue weighted by Gasteiger charge is 2.36. The summed E-state index contributed by atoms with van der Waals surface area (Å²) in [5, 5.41) is 10.6. The van der Waals surface area contributed by atoms with Crippen molar-refractivity contribution in [2.75, 3.05) is 4.72 Å². The van der Waals surface area contributed by atoms with E-state index in [1.807, 2.05) is 30.3 Å². The Morgan fingerprint density at radius 1 is 1.03 bits per heavy atom. The van der Waals surface area contributed by atoms with Crippen LogP contribution in [0.25, 0.3) is 22.2 Å². The van der Waals surface area contributed by atoms with Crippen LogP contribution in [0.4, 0.5) is 5.69 Å². The molecule has 2 aliphatic rings. The average molecular weight is 472 g/mol. The van der Waals surface area contributed by atoms with Gasteiger partial charge in [0, 0.05) is 35.6 Å². The van der Waals surface area contributed by atoms with Crippen molar-refractivity contribution in [3.63, 3.8) is 0 Å². The maximum absolute atomic E-state index is 12.3. The quantitative estimate of drug-likeness (QED) is 0.406. The molecule has 4 aromatic rings. The van der Waals surface area contributed by atoms with E-state index in [1.165, 1.54) is 0 Å². The lowest BCUT2D eigenvalue weighted by molar-refractivity contribution is 0.442. The first-order valence-corrected chi connectivity index (χ1v) is 12.7. The van der Waals surface area contributed by atoms with E-state index in [1.54, 1.807) is 30.6 Å². The van der Waals surface area contributed by atoms with Crippen LogP contribution in [0.5, 0.6) is 11.8 Å². The molecule has 9 heteroatoms. The first-order chi connectivity index (χ1) is 16.5. The molecular weight excluding hydrogens is 450 g/mol. The van der Waals surface area contributed by atoms with Crippen LogP contribution in [-0.2, 0) is 10.0 Å². The van der Waals surface area contributed by atoms with Crippen LogP contribution in [-0.4, -0.2) is 28.2 Å². The summed E-state index contributed by atoms with van der Waals surface area (Å²) in [7, 11) is -3.32. The molecule has 0 amide bonds. The average Bonchev–Trinajstić information content (AvgIpc) is 3.76. The fourth-order valence-corrected chi connectivity index (χ4v) is 5.62. The monoisotopic (exact) mass is 471 g/mol. The fourth-order valence-electron chi connectivity index (χ4n) is 4.23. The Morgan fingerprint density at radius 2 is 1.76 bits per heavy atom. The Morgan fingerprint density at radius 3 is 2.41 bits per heavy atom. The highest BCUT2D eigenvalue weighted by atomic mass is 32.2. The van der Waals surface area contributed by atoms with Crippen LogP contribution in [0.3, 0.4) is 0 Å². The minimum atomic E-state index is -3.32. The second-order valence-electron chi connectivity index (χ2n) is 8.67. The zero-order valence-corrected chi connectivity index (χ0v) is 19.0. The van der Waals surface area contributed by atoms with Gasteiger partial charge in [-0.3, -0.25) is 4.72 Å². The number of aromatic nitrogens is 3. The molecule has 1 N–H and O–H groups in total. The molecule has 170 valence electrons. The maximum Gasteiger partial charge on any atom is 0.321 e. The molecule has 0 unspecified atom stereocenters. The lowest BCUT2D eigenvalue weighted by Gasteiger charge is -2.12. The third-order valence-corrected chi connectivity index (χ3v) is 8.00. The number of sulfonamides is 1. The van der Waals surface area contributed by atoms with Gasteiger partial charge in [0.1, 0.15) is 11.8 Å². The molecule has 0 saturated heterocycles. The van der Waals surface area contributed by atoms with Crippen LogP contribution in [0.15, 0.2) is 60.9 Å². The maximum atomic E-state index is 12.3. The minimum Gasteiger partial charge on any atom is -0.424 e. The van der Waals surface area contributed by atoms with E-state index < -0.39 is 10.0 Å². The predicted molar refractivity (Wildman–Crippen MR) is 128 cm³/mol. The lowest BCUT2D eigenvalue weighted by Crippen LogP contribution is -2.17. The van der Waals surface area contributed by atoms with Gasteiger partial charge in [-0.05, 0) is 61.6 Å². The summed E-state index contributed by atoms with van der Waals surface area (Å²) in [5.41, 5.74) is 3.74. The SMILES string of the molecule is N#Cc1c(-c2ccc(NS(=O)(=O)C3CC3)cc2)n(C2CC2)c2cc(Oc3ncccn3)ccc12. The molecule has 0 aliphatic heterocycles. The van der Waals surface area contributed by atoms with Gasteiger partial charge in [0.2, 0.25) is 10.0 Å². The van der Waals surface area contributed by atoms with E-state index in [-0.39, 0.29) is 11.3 Å². The van der Waals surface area contributed by atoms with Gasteiger partial charge in [-0.2, -0.15) is 5.26 Å². The smallest absolute Gasteiger partial charge is 0.321 e. The molecule has 8 nitrogen and oxygen atoms in total. The number of nitrogens with one attached hydrogen (secondary N) is 1. The third kappa shape index (κ3) is 3.76.